The number of aliphatic hydroxyl groups excluding tert-OH is 1. The number of hydrogen-bond donors (Lipinski definition) is 1. The summed E-state index contributed by atoms with van der Waals surface area (Å²) in [4.78, 5) is 2.43. The SMILES string of the molecule is [N-]=[N+]=NC[C@@H](O)CCl. The summed E-state index contributed by atoms with van der Waals surface area (Å²) in [5.41, 5.74) is 7.71. The Kier molecular flexibility index (Phi) is 4.45. The minimum atomic E-state index is -0.701. The lowest BCUT2D eigenvalue weighted by Gasteiger charge is -1.96. The normalized spacial score (nSPS) is 12.2. The maximum atomic E-state index is 8.59. The smallest absolute Gasteiger partial charge is 0.0731 e. The zero-order chi connectivity index (χ0) is 6.41. The average molecular weight is 136 g/mol. The monoisotopic (exact) mass is 135 g/mol. The van der Waals surface area contributed by atoms with Gasteiger partial charge in [0.1, 0.15) is 0 Å². The van der Waals surface area contributed by atoms with E-state index < -0.39 is 6.10 Å². The maximum Gasteiger partial charge on any atom is 0.0731 e. The van der Waals surface area contributed by atoms with Gasteiger partial charge < -0.3 is 5.11 Å². The van der Waals surface area contributed by atoms with Crippen LogP contribution in [0, 0.1) is 0 Å². The molecule has 0 spiro atoms. The van der Waals surface area contributed by atoms with Crippen molar-refractivity contribution in [2.24, 2.45) is 5.11 Å². The molecular formula is C3H6ClN3O. The quantitative estimate of drug-likeness (QED) is 0.266. The Morgan fingerprint density at radius 1 is 1.88 bits per heavy atom. The summed E-state index contributed by atoms with van der Waals surface area (Å²) in [5.74, 6) is 0.110. The molecule has 0 aliphatic rings. The molecule has 0 fully saturated rings. The number of hydrogen-bond acceptors (Lipinski definition) is 2. The summed E-state index contributed by atoms with van der Waals surface area (Å²) in [6, 6.07) is 0. The van der Waals surface area contributed by atoms with Crippen molar-refractivity contribution in [2.75, 3.05) is 12.4 Å². The van der Waals surface area contributed by atoms with Crippen molar-refractivity contribution >= 4 is 11.6 Å². The molecule has 0 aliphatic heterocycles. The molecule has 0 amide bonds. The number of nitrogens with zero attached hydrogens (tertiary/aromatic N) is 3. The molecular weight excluding hydrogens is 130 g/mol. The van der Waals surface area contributed by atoms with Gasteiger partial charge in [0.15, 0.2) is 0 Å². The first-order valence-corrected chi connectivity index (χ1v) is 2.59. The highest BCUT2D eigenvalue weighted by atomic mass is 35.5. The molecule has 0 aromatic heterocycles. The summed E-state index contributed by atoms with van der Waals surface area (Å²) in [5, 5.41) is 11.7. The second-order valence-corrected chi connectivity index (χ2v) is 1.53. The van der Waals surface area contributed by atoms with Crippen molar-refractivity contribution in [3.63, 3.8) is 0 Å². The summed E-state index contributed by atoms with van der Waals surface area (Å²) < 4.78 is 0. The Balaban J connectivity index is 3.23. The van der Waals surface area contributed by atoms with Crippen molar-refractivity contribution in [1.82, 2.24) is 0 Å². The van der Waals surface area contributed by atoms with Gasteiger partial charge in [-0.2, -0.15) is 0 Å². The number of alkyl halides is 1. The van der Waals surface area contributed by atoms with Gasteiger partial charge in [0.05, 0.1) is 12.6 Å². The van der Waals surface area contributed by atoms with Gasteiger partial charge in [0.2, 0.25) is 0 Å². The van der Waals surface area contributed by atoms with E-state index in [4.69, 9.17) is 22.2 Å². The molecule has 46 valence electrons. The first kappa shape index (κ1) is 7.56. The van der Waals surface area contributed by atoms with Gasteiger partial charge in [-0.1, -0.05) is 5.11 Å². The molecule has 0 saturated carbocycles. The minimum Gasteiger partial charge on any atom is -0.392 e. The standard InChI is InChI=1S/C3H6ClN3O/c4-1-3(8)2-6-7-5/h3,8H,1-2H2/t3-/m0/s1. The summed E-state index contributed by atoms with van der Waals surface area (Å²) in [7, 11) is 0. The van der Waals surface area contributed by atoms with Crippen molar-refractivity contribution in [3.8, 4) is 0 Å². The van der Waals surface area contributed by atoms with Crippen LogP contribution >= 0.6 is 11.6 Å². The highest BCUT2D eigenvalue weighted by molar-refractivity contribution is 6.18. The van der Waals surface area contributed by atoms with Crippen LogP contribution in [0.1, 0.15) is 0 Å². The van der Waals surface area contributed by atoms with Gasteiger partial charge in [0, 0.05) is 10.8 Å². The molecule has 0 saturated heterocycles. The predicted octanol–water partition coefficient (Wildman–Crippen LogP) is 0.896. The molecule has 0 heterocycles. The van der Waals surface area contributed by atoms with E-state index in [1.165, 1.54) is 0 Å². The maximum absolute atomic E-state index is 8.59. The largest absolute Gasteiger partial charge is 0.392 e. The Morgan fingerprint density at radius 2 is 2.50 bits per heavy atom. The topological polar surface area (TPSA) is 69.0 Å². The molecule has 0 aromatic carbocycles. The van der Waals surface area contributed by atoms with Gasteiger partial charge in [0.25, 0.3) is 0 Å². The van der Waals surface area contributed by atoms with Gasteiger partial charge in [-0.3, -0.25) is 0 Å². The molecule has 0 bridgehead atoms. The van der Waals surface area contributed by atoms with Crippen LogP contribution in [0.5, 0.6) is 0 Å². The zero-order valence-corrected chi connectivity index (χ0v) is 4.91. The van der Waals surface area contributed by atoms with Crippen LogP contribution in [0.15, 0.2) is 5.11 Å². The van der Waals surface area contributed by atoms with Crippen molar-refractivity contribution in [3.05, 3.63) is 10.4 Å². The van der Waals surface area contributed by atoms with Crippen LogP contribution in [0.3, 0.4) is 0 Å². The van der Waals surface area contributed by atoms with Crippen molar-refractivity contribution < 1.29 is 5.11 Å². The van der Waals surface area contributed by atoms with Gasteiger partial charge in [-0.25, -0.2) is 0 Å². The second kappa shape index (κ2) is 4.71. The van der Waals surface area contributed by atoms with E-state index in [9.17, 15) is 0 Å². The molecule has 4 nitrogen and oxygen atoms in total. The van der Waals surface area contributed by atoms with Gasteiger partial charge in [-0.15, -0.1) is 11.6 Å². The molecule has 0 radical (unpaired) electrons. The van der Waals surface area contributed by atoms with Gasteiger partial charge >= 0.3 is 0 Å². The fraction of sp³-hybridized carbons (Fsp3) is 1.00. The first-order valence-electron chi connectivity index (χ1n) is 2.06. The Labute approximate surface area is 51.7 Å². The Morgan fingerprint density at radius 3 is 2.88 bits per heavy atom. The Hall–Kier alpha value is -0.440. The van der Waals surface area contributed by atoms with E-state index >= 15 is 0 Å². The lowest BCUT2D eigenvalue weighted by molar-refractivity contribution is 0.206. The third-order valence-electron chi connectivity index (χ3n) is 0.534. The minimum absolute atomic E-state index is 0.0556. The molecule has 8 heavy (non-hydrogen) atoms. The third kappa shape index (κ3) is 3.74. The number of halogens is 1. The zero-order valence-electron chi connectivity index (χ0n) is 4.16. The fourth-order valence-electron chi connectivity index (χ4n) is 0.180. The fourth-order valence-corrected chi connectivity index (χ4v) is 0.277. The third-order valence-corrected chi connectivity index (χ3v) is 0.890. The molecule has 1 atom stereocenters. The highest BCUT2D eigenvalue weighted by Crippen LogP contribution is 1.87. The summed E-state index contributed by atoms with van der Waals surface area (Å²) in [6.07, 6.45) is -0.701. The lowest BCUT2D eigenvalue weighted by Crippen LogP contribution is -2.11. The van der Waals surface area contributed by atoms with Crippen LogP contribution in [0.4, 0.5) is 0 Å². The molecule has 0 aromatic rings. The van der Waals surface area contributed by atoms with E-state index in [0.717, 1.165) is 0 Å². The van der Waals surface area contributed by atoms with Crippen LogP contribution < -0.4 is 0 Å². The van der Waals surface area contributed by atoms with E-state index in [2.05, 4.69) is 10.0 Å². The first-order chi connectivity index (χ1) is 3.81. The molecule has 0 unspecified atom stereocenters. The molecule has 0 rings (SSSR count). The second-order valence-electron chi connectivity index (χ2n) is 1.22. The van der Waals surface area contributed by atoms with Crippen LogP contribution in [-0.4, -0.2) is 23.6 Å². The number of rotatable bonds is 3. The van der Waals surface area contributed by atoms with Crippen LogP contribution in [0.2, 0.25) is 0 Å². The van der Waals surface area contributed by atoms with E-state index in [-0.39, 0.29) is 12.4 Å². The Bertz CT molecular complexity index is 101. The van der Waals surface area contributed by atoms with Crippen LogP contribution in [0.25, 0.3) is 10.4 Å². The van der Waals surface area contributed by atoms with Crippen molar-refractivity contribution in [1.29, 1.82) is 0 Å². The average Bonchev–Trinajstić information content (AvgIpc) is 1.83. The highest BCUT2D eigenvalue weighted by Gasteiger charge is 1.96. The molecule has 0 aliphatic carbocycles. The number of aliphatic hydroxyl groups is 1. The molecule has 5 heteroatoms. The van der Waals surface area contributed by atoms with E-state index in [1.54, 1.807) is 0 Å². The number of azide groups is 1. The van der Waals surface area contributed by atoms with E-state index in [0.29, 0.717) is 0 Å². The predicted molar refractivity (Wildman–Crippen MR) is 30.7 cm³/mol. The molecule has 1 N–H and O–H groups in total. The van der Waals surface area contributed by atoms with E-state index in [1.807, 2.05) is 0 Å². The van der Waals surface area contributed by atoms with Crippen molar-refractivity contribution in [2.45, 2.75) is 6.10 Å². The lowest BCUT2D eigenvalue weighted by atomic mass is 10.4. The summed E-state index contributed by atoms with van der Waals surface area (Å²) in [6.45, 7) is 0.0556. The van der Waals surface area contributed by atoms with Crippen LogP contribution in [-0.2, 0) is 0 Å². The summed E-state index contributed by atoms with van der Waals surface area (Å²) >= 11 is 5.15. The van der Waals surface area contributed by atoms with Gasteiger partial charge in [-0.05, 0) is 5.53 Å².